The number of benzene rings is 1. The molecule has 0 unspecified atom stereocenters. The summed E-state index contributed by atoms with van der Waals surface area (Å²) >= 11 is -3.59. The van der Waals surface area contributed by atoms with E-state index in [1.807, 2.05) is 0 Å². The van der Waals surface area contributed by atoms with Crippen LogP contribution in [-0.4, -0.2) is 373 Å². The maximum absolute atomic E-state index is 12.6. The van der Waals surface area contributed by atoms with Crippen LogP contribution in [0, 0.1) is 3.57 Å². The van der Waals surface area contributed by atoms with Crippen LogP contribution in [0.5, 0.6) is 0 Å². The summed E-state index contributed by atoms with van der Waals surface area (Å²) in [5, 5.41) is 224. The van der Waals surface area contributed by atoms with Crippen molar-refractivity contribution >= 4 is 26.6 Å². The molecular weight excluding hydrogens is 1340 g/mol. The fraction of sp³-hybridized carbons (Fsp3) is 0.860. The first-order valence-corrected chi connectivity index (χ1v) is 31.1. The minimum atomic E-state index is -3.59. The summed E-state index contributed by atoms with van der Waals surface area (Å²) in [6.45, 7) is -8.13. The van der Waals surface area contributed by atoms with Crippen LogP contribution in [0.15, 0.2) is 18.2 Å². The molecule has 510 valence electrons. The molecule has 0 aromatic heterocycles. The van der Waals surface area contributed by atoms with Gasteiger partial charge < -0.3 is 104 Å². The number of rotatable bonds is 10. The molecule has 39 heteroatoms. The Morgan fingerprint density at radius 1 is 0.337 bits per heavy atom. The number of ether oxygens (including phenoxy) is 15. The van der Waals surface area contributed by atoms with E-state index in [4.69, 9.17) is 74.1 Å². The Bertz CT molecular complexity index is 2450. The summed E-state index contributed by atoms with van der Waals surface area (Å²) in [5.41, 5.74) is 0.161. The fourth-order valence-corrected chi connectivity index (χ4v) is 14.6. The third-order valence-electron chi connectivity index (χ3n) is 16.8. The van der Waals surface area contributed by atoms with E-state index >= 15 is 0 Å². The number of carbonyl (C=O) groups excluding carboxylic acids is 1. The first kappa shape index (κ1) is 69.8. The molecule has 17 rings (SSSR count). The zero-order valence-electron chi connectivity index (χ0n) is 46.3. The molecule has 1 aromatic carbocycles. The quantitative estimate of drug-likeness (QED) is 0.0967. The zero-order chi connectivity index (χ0) is 64.2. The van der Waals surface area contributed by atoms with Gasteiger partial charge >= 0.3 is 258 Å². The number of aliphatic hydroxyl groups is 20. The molecule has 0 spiro atoms. The molecule has 89 heavy (non-hydrogen) atoms. The SMILES string of the molecule is O=C1OI(O)c2c(CO[C@H]3[C@H]4O[C@H]5[C@H](O)[C@@H](O)[C@@H](O[C@H]6[C@H](O)[C@@H](O)[C@@H](O[C@H]7[C@H](O)[C@@H](O)[C@@H](O[C@H]8[C@H](O)[C@@H](O)[C@@H](O[C@H]9[C@H](O)[C@@H](O)[C@@H](O[C@H]%10[C@H](O)[C@@H](O)[C@@H](O[C@@H]([C@@H]3O)[C@@H](CO)O4)O[C@@H]%10CO)O[C@@H]9CO)O[C@@H]8CO)O[C@@H]7CO)O[C@@H]6CO)O[C@@H]5CO)cccc21. The van der Waals surface area contributed by atoms with E-state index in [1.165, 1.54) is 18.2 Å². The molecule has 0 saturated carbocycles. The van der Waals surface area contributed by atoms with Crippen molar-refractivity contribution in [2.24, 2.45) is 0 Å². The van der Waals surface area contributed by atoms with Crippen LogP contribution in [0.4, 0.5) is 0 Å². The number of hydrogen-bond donors (Lipinski definition) is 21. The molecular formula is C50H75IO38. The molecule has 15 saturated heterocycles. The van der Waals surface area contributed by atoms with Gasteiger partial charge in [0, 0.05) is 0 Å². The van der Waals surface area contributed by atoms with Crippen molar-refractivity contribution in [3.8, 4) is 0 Å². The van der Waals surface area contributed by atoms with Crippen LogP contribution in [0.3, 0.4) is 0 Å². The predicted molar refractivity (Wildman–Crippen MR) is 278 cm³/mol. The van der Waals surface area contributed by atoms with Gasteiger partial charge in [0.15, 0.2) is 25.2 Å². The van der Waals surface area contributed by atoms with Crippen molar-refractivity contribution in [1.82, 2.24) is 0 Å². The Balaban J connectivity index is 0.964. The number of fused-ring (bicyclic) bond motifs is 8. The number of aliphatic hydroxyl groups excluding tert-OH is 20. The molecule has 21 N–H and O–H groups in total. The van der Waals surface area contributed by atoms with Crippen molar-refractivity contribution in [3.63, 3.8) is 0 Å². The van der Waals surface area contributed by atoms with Gasteiger partial charge in [-0.25, -0.2) is 0 Å². The predicted octanol–water partition coefficient (Wildman–Crippen LogP) is -13.3. The van der Waals surface area contributed by atoms with Crippen LogP contribution >= 0.6 is 20.6 Å². The third kappa shape index (κ3) is 13.6. The molecule has 14 bridgehead atoms. The van der Waals surface area contributed by atoms with Gasteiger partial charge in [-0.05, 0) is 0 Å². The van der Waals surface area contributed by atoms with E-state index in [-0.39, 0.29) is 14.7 Å². The van der Waals surface area contributed by atoms with Crippen molar-refractivity contribution in [2.75, 3.05) is 46.2 Å². The molecule has 0 amide bonds. The molecule has 38 nitrogen and oxygen atoms in total. The summed E-state index contributed by atoms with van der Waals surface area (Å²) in [7, 11) is 0. The molecule has 16 aliphatic rings. The number of halogens is 1. The van der Waals surface area contributed by atoms with Gasteiger partial charge in [0.2, 0.25) is 0 Å². The van der Waals surface area contributed by atoms with Crippen LogP contribution < -0.4 is 0 Å². The van der Waals surface area contributed by atoms with Gasteiger partial charge in [-0.3, -0.25) is 0 Å². The molecule has 0 radical (unpaired) electrons. The van der Waals surface area contributed by atoms with Crippen molar-refractivity contribution < 1.29 is 184 Å². The Labute approximate surface area is 510 Å². The maximum atomic E-state index is 12.6. The first-order valence-electron chi connectivity index (χ1n) is 28.2. The van der Waals surface area contributed by atoms with Crippen LogP contribution in [-0.2, 0) is 80.7 Å². The Kier molecular flexibility index (Phi) is 23.2. The van der Waals surface area contributed by atoms with Gasteiger partial charge in [0.1, 0.15) is 97.7 Å². The molecule has 35 atom stereocenters. The van der Waals surface area contributed by atoms with E-state index in [0.29, 0.717) is 0 Å². The average Bonchev–Trinajstić information content (AvgIpc) is 1.50. The Morgan fingerprint density at radius 2 is 0.584 bits per heavy atom. The van der Waals surface area contributed by atoms with Crippen molar-refractivity contribution in [3.05, 3.63) is 32.9 Å². The monoisotopic (exact) mass is 1410 g/mol. The van der Waals surface area contributed by atoms with Crippen molar-refractivity contribution in [2.45, 2.75) is 222 Å². The van der Waals surface area contributed by atoms with Crippen LogP contribution in [0.1, 0.15) is 15.9 Å². The van der Waals surface area contributed by atoms with E-state index in [1.54, 1.807) is 0 Å². The standard InChI is InChI=1S/C50H75IO38/c52-4-14-35-22(59)28(65)45(75-14)83-37-16(6-54)77-47(30(67)24(37)61)85-39-18(8-56)79-49(32(69)26(39)63)87-41-20(10-58)81-50(42(34(41)71)74-11-12-2-1-3-13-21(12)51(73)89-43(13)72)88-40-19(9-57)80-48(33(70)27(40)64)86-38-17(7-55)78-46(31(68)25(38)62)84-36-15(5-53)76-44(82-35)29(66)23(36)60/h1-3,14-20,22-42,44-50,52-71,73H,4-11H2/t14-,15-,16-,17-,18-,19-,20-,22-,23-,24-,25-,26-,27-,28-,29-,30-,31-,32-,33-,34+,35-,36-,37-,38-,39-,40-,41-,42-,44-,45-,46-,47-,48-,49-,50-/m1/s1. The Morgan fingerprint density at radius 3 is 0.854 bits per heavy atom. The second kappa shape index (κ2) is 29.5. The summed E-state index contributed by atoms with van der Waals surface area (Å²) in [6.07, 6.45) is -71.1. The summed E-state index contributed by atoms with van der Waals surface area (Å²) in [6, 6.07) is 4.24. The van der Waals surface area contributed by atoms with E-state index < -0.39 is 294 Å². The third-order valence-corrected chi connectivity index (χ3v) is 19.8. The van der Waals surface area contributed by atoms with E-state index in [2.05, 4.69) is 0 Å². The second-order valence-electron chi connectivity index (χ2n) is 22.3. The van der Waals surface area contributed by atoms with Crippen LogP contribution in [0.2, 0.25) is 0 Å². The van der Waals surface area contributed by atoms with Crippen LogP contribution in [0.25, 0.3) is 0 Å². The first-order chi connectivity index (χ1) is 42.5. The van der Waals surface area contributed by atoms with Gasteiger partial charge in [0.25, 0.3) is 0 Å². The average molecular weight is 1410 g/mol. The van der Waals surface area contributed by atoms with Crippen molar-refractivity contribution in [1.29, 1.82) is 0 Å². The van der Waals surface area contributed by atoms with Gasteiger partial charge in [-0.15, -0.1) is 0 Å². The minimum absolute atomic E-state index is 0.00525. The molecule has 1 aromatic rings. The van der Waals surface area contributed by atoms with Gasteiger partial charge in [0.05, 0.1) is 26.4 Å². The number of hydrogen-bond acceptors (Lipinski definition) is 38. The van der Waals surface area contributed by atoms with Gasteiger partial charge in [-0.1, -0.05) is 0 Å². The molecule has 15 fully saturated rings. The van der Waals surface area contributed by atoms with E-state index in [0.717, 1.165) is 0 Å². The topological polar surface area (TPSA) is 590 Å². The summed E-state index contributed by atoms with van der Waals surface area (Å²) < 4.78 is 104. The Hall–Kier alpha value is -2.02. The molecule has 0 aliphatic carbocycles. The molecule has 16 heterocycles. The normalized spacial score (nSPS) is 50.5. The zero-order valence-corrected chi connectivity index (χ0v) is 48.5. The van der Waals surface area contributed by atoms with E-state index in [9.17, 15) is 110 Å². The summed E-state index contributed by atoms with van der Waals surface area (Å²) in [5.74, 6) is -0.830. The molecule has 16 aliphatic heterocycles. The fourth-order valence-electron chi connectivity index (χ4n) is 12.0. The second-order valence-corrected chi connectivity index (χ2v) is 25.1. The number of carbonyl (C=O) groups is 1. The summed E-state index contributed by atoms with van der Waals surface area (Å²) in [4.78, 5) is 12.6. The van der Waals surface area contributed by atoms with Gasteiger partial charge in [-0.2, -0.15) is 0 Å².